The Morgan fingerprint density at radius 3 is 1.67 bits per heavy atom. The third-order valence-corrected chi connectivity index (χ3v) is 5.88. The van der Waals surface area contributed by atoms with Crippen molar-refractivity contribution in [3.8, 4) is 0 Å². The average molecular weight is 144 g/mol. The minimum absolute atomic E-state index is 0.250. The predicted molar refractivity (Wildman–Crippen MR) is 47.8 cm³/mol. The van der Waals surface area contributed by atoms with Crippen molar-refractivity contribution in [1.29, 1.82) is 0 Å². The summed E-state index contributed by atoms with van der Waals surface area (Å²) in [6.45, 7) is 9.38. The topological polar surface area (TPSA) is 0 Å². The molecule has 0 aliphatic carbocycles. The van der Waals surface area contributed by atoms with Crippen molar-refractivity contribution in [2.45, 2.75) is 45.8 Å². The molecule has 0 aliphatic rings. The lowest BCUT2D eigenvalue weighted by Crippen LogP contribution is -2.11. The lowest BCUT2D eigenvalue weighted by atomic mass is 10.3. The van der Waals surface area contributed by atoms with Gasteiger partial charge in [0.05, 0.1) is 0 Å². The lowest BCUT2D eigenvalue weighted by Gasteiger charge is -2.12. The molecule has 0 unspecified atom stereocenters. The Kier molecular flexibility index (Phi) is 5.16. The van der Waals surface area contributed by atoms with E-state index in [9.17, 15) is 0 Å². The number of rotatable bonds is 4. The molecule has 0 radical (unpaired) electrons. The van der Waals surface area contributed by atoms with Gasteiger partial charge in [-0.05, 0) is 5.92 Å². The number of hydrogen-bond acceptors (Lipinski definition) is 0. The van der Waals surface area contributed by atoms with Gasteiger partial charge in [0, 0.05) is 8.80 Å². The van der Waals surface area contributed by atoms with Crippen molar-refractivity contribution in [2.24, 2.45) is 5.92 Å². The van der Waals surface area contributed by atoms with Crippen molar-refractivity contribution < 1.29 is 0 Å². The smallest absolute Gasteiger partial charge is 0.0364 e. The van der Waals surface area contributed by atoms with Crippen LogP contribution in [0.3, 0.4) is 0 Å². The van der Waals surface area contributed by atoms with Crippen LogP contribution in [0.5, 0.6) is 0 Å². The Bertz CT molecular complexity index is 55.6. The summed E-state index contributed by atoms with van der Waals surface area (Å²) in [5, 5.41) is 0. The van der Waals surface area contributed by atoms with Gasteiger partial charge in [-0.15, -0.1) is 0 Å². The summed E-state index contributed by atoms with van der Waals surface area (Å²) in [6, 6.07) is 4.54. The van der Waals surface area contributed by atoms with E-state index < -0.39 is 0 Å². The van der Waals surface area contributed by atoms with E-state index in [1.54, 1.807) is 6.04 Å². The lowest BCUT2D eigenvalue weighted by molar-refractivity contribution is 0.722. The van der Waals surface area contributed by atoms with E-state index in [4.69, 9.17) is 0 Å². The van der Waals surface area contributed by atoms with Crippen molar-refractivity contribution in [3.63, 3.8) is 0 Å². The molecule has 0 bridgehead atoms. The molecule has 0 N–H and O–H groups in total. The van der Waals surface area contributed by atoms with Crippen LogP contribution in [0.2, 0.25) is 18.1 Å². The monoisotopic (exact) mass is 144 g/mol. The molecule has 0 spiro atoms. The van der Waals surface area contributed by atoms with Crippen LogP contribution in [0, 0.1) is 5.92 Å². The molecule has 56 valence electrons. The molecule has 0 aliphatic heterocycles. The van der Waals surface area contributed by atoms with Gasteiger partial charge in [0.15, 0.2) is 0 Å². The molecule has 0 rings (SSSR count). The molecule has 0 heterocycles. The molecule has 0 fully saturated rings. The van der Waals surface area contributed by atoms with Crippen LogP contribution in [0.15, 0.2) is 0 Å². The van der Waals surface area contributed by atoms with Gasteiger partial charge < -0.3 is 0 Å². The normalized spacial score (nSPS) is 11.3. The molecule has 0 amide bonds. The third kappa shape index (κ3) is 4.70. The van der Waals surface area contributed by atoms with E-state index in [2.05, 4.69) is 27.7 Å². The summed E-state index contributed by atoms with van der Waals surface area (Å²) in [6.07, 6.45) is 0. The molecule has 0 saturated carbocycles. The Morgan fingerprint density at radius 1 is 1.11 bits per heavy atom. The van der Waals surface area contributed by atoms with Crippen molar-refractivity contribution >= 4 is 8.80 Å². The van der Waals surface area contributed by atoms with Crippen molar-refractivity contribution in [3.05, 3.63) is 0 Å². The zero-order valence-electron chi connectivity index (χ0n) is 7.28. The molecule has 1 heteroatoms. The largest absolute Gasteiger partial charge is 0.0680 e. The van der Waals surface area contributed by atoms with Gasteiger partial charge in [0.2, 0.25) is 0 Å². The number of hydrogen-bond donors (Lipinski definition) is 0. The van der Waals surface area contributed by atoms with E-state index in [0.717, 1.165) is 5.92 Å². The highest BCUT2D eigenvalue weighted by atomic mass is 28.3. The fourth-order valence-electron chi connectivity index (χ4n) is 1.29. The standard InChI is InChI=1S/C8H20Si/c1-5-9(6-2)7-8(3)4/h8-9H,5-7H2,1-4H3. The van der Waals surface area contributed by atoms with Crippen LogP contribution in [0.25, 0.3) is 0 Å². The van der Waals surface area contributed by atoms with Crippen molar-refractivity contribution in [2.75, 3.05) is 0 Å². The van der Waals surface area contributed by atoms with Gasteiger partial charge in [0.25, 0.3) is 0 Å². The van der Waals surface area contributed by atoms with Gasteiger partial charge in [-0.25, -0.2) is 0 Å². The minimum Gasteiger partial charge on any atom is -0.0680 e. The zero-order valence-corrected chi connectivity index (χ0v) is 8.43. The first-order valence-electron chi connectivity index (χ1n) is 4.20. The van der Waals surface area contributed by atoms with Crippen LogP contribution in [-0.2, 0) is 0 Å². The van der Waals surface area contributed by atoms with E-state index in [-0.39, 0.29) is 8.80 Å². The van der Waals surface area contributed by atoms with Gasteiger partial charge in [0.1, 0.15) is 0 Å². The van der Waals surface area contributed by atoms with Gasteiger partial charge in [-0.2, -0.15) is 0 Å². The molecule has 9 heavy (non-hydrogen) atoms. The van der Waals surface area contributed by atoms with Gasteiger partial charge >= 0.3 is 0 Å². The van der Waals surface area contributed by atoms with Crippen LogP contribution < -0.4 is 0 Å². The summed E-state index contributed by atoms with van der Waals surface area (Å²) in [5.74, 6) is 0.946. The molecule has 0 aromatic heterocycles. The summed E-state index contributed by atoms with van der Waals surface area (Å²) in [5.41, 5.74) is 0. The SMILES string of the molecule is CC[SiH](CC)CC(C)C. The average Bonchev–Trinajstić information content (AvgIpc) is 1.82. The maximum Gasteiger partial charge on any atom is 0.0364 e. The fraction of sp³-hybridized carbons (Fsp3) is 1.00. The molecule has 0 aromatic carbocycles. The van der Waals surface area contributed by atoms with Crippen LogP contribution in [-0.4, -0.2) is 8.80 Å². The Hall–Kier alpha value is 0.217. The second kappa shape index (κ2) is 5.04. The second-order valence-electron chi connectivity index (χ2n) is 3.31. The minimum atomic E-state index is -0.250. The van der Waals surface area contributed by atoms with E-state index >= 15 is 0 Å². The van der Waals surface area contributed by atoms with Crippen LogP contribution >= 0.6 is 0 Å². The summed E-state index contributed by atoms with van der Waals surface area (Å²) >= 11 is 0. The second-order valence-corrected chi connectivity index (χ2v) is 7.15. The molecule has 0 atom stereocenters. The highest BCUT2D eigenvalue weighted by Gasteiger charge is 2.06. The molecule has 0 saturated heterocycles. The highest BCUT2D eigenvalue weighted by Crippen LogP contribution is 2.11. The quantitative estimate of drug-likeness (QED) is 0.532. The molecular formula is C8H20Si. The van der Waals surface area contributed by atoms with E-state index in [1.165, 1.54) is 12.1 Å². The van der Waals surface area contributed by atoms with Gasteiger partial charge in [-0.1, -0.05) is 45.8 Å². The first-order valence-corrected chi connectivity index (χ1v) is 6.65. The summed E-state index contributed by atoms with van der Waals surface area (Å²) in [7, 11) is -0.250. The zero-order chi connectivity index (χ0) is 7.28. The highest BCUT2D eigenvalue weighted by molar-refractivity contribution is 6.58. The Labute approximate surface area is 61.3 Å². The Morgan fingerprint density at radius 2 is 1.56 bits per heavy atom. The maximum absolute atomic E-state index is 2.35. The van der Waals surface area contributed by atoms with E-state index in [1.807, 2.05) is 0 Å². The third-order valence-electron chi connectivity index (χ3n) is 1.96. The predicted octanol–water partition coefficient (Wildman–Crippen LogP) is 2.91. The maximum atomic E-state index is 2.35. The first kappa shape index (κ1) is 9.22. The summed E-state index contributed by atoms with van der Waals surface area (Å²) in [4.78, 5) is 0. The fourth-order valence-corrected chi connectivity index (χ4v) is 3.87. The van der Waals surface area contributed by atoms with Gasteiger partial charge in [-0.3, -0.25) is 0 Å². The summed E-state index contributed by atoms with van der Waals surface area (Å²) < 4.78 is 0. The molecule has 0 aromatic rings. The molecular weight excluding hydrogens is 124 g/mol. The van der Waals surface area contributed by atoms with E-state index in [0.29, 0.717) is 0 Å². The van der Waals surface area contributed by atoms with Crippen LogP contribution in [0.1, 0.15) is 27.7 Å². The molecule has 0 nitrogen and oxygen atoms in total. The Balaban J connectivity index is 3.31. The van der Waals surface area contributed by atoms with Crippen LogP contribution in [0.4, 0.5) is 0 Å². The first-order chi connectivity index (χ1) is 4.20. The van der Waals surface area contributed by atoms with Crippen molar-refractivity contribution in [1.82, 2.24) is 0 Å².